The van der Waals surface area contributed by atoms with Gasteiger partial charge in [0.15, 0.2) is 11.5 Å². The standard InChI is InChI=1S/C16H20N2O3/c1-3-4-9-21-15-13-10-11(7-8-17)18-16(19)12(13)5-6-14(15)20-2/h5-6,11H,3-4,7,9-10H2,1-2H3,(H,18,19). The van der Waals surface area contributed by atoms with Crippen LogP contribution >= 0.6 is 0 Å². The van der Waals surface area contributed by atoms with Gasteiger partial charge in [0.25, 0.3) is 5.91 Å². The zero-order valence-electron chi connectivity index (χ0n) is 12.4. The van der Waals surface area contributed by atoms with Gasteiger partial charge in [-0.3, -0.25) is 4.79 Å². The monoisotopic (exact) mass is 288 g/mol. The molecule has 1 atom stereocenters. The van der Waals surface area contributed by atoms with Crippen LogP contribution in [-0.4, -0.2) is 25.7 Å². The fraction of sp³-hybridized carbons (Fsp3) is 0.500. The molecule has 1 unspecified atom stereocenters. The number of nitrogens with zero attached hydrogens (tertiary/aromatic N) is 1. The minimum absolute atomic E-state index is 0.153. The number of amides is 1. The Labute approximate surface area is 124 Å². The molecule has 0 fully saturated rings. The Morgan fingerprint density at radius 3 is 2.95 bits per heavy atom. The molecule has 21 heavy (non-hydrogen) atoms. The van der Waals surface area contributed by atoms with Crippen LogP contribution in [-0.2, 0) is 6.42 Å². The summed E-state index contributed by atoms with van der Waals surface area (Å²) in [6.07, 6.45) is 2.86. The Morgan fingerprint density at radius 2 is 2.29 bits per heavy atom. The van der Waals surface area contributed by atoms with E-state index in [1.807, 2.05) is 0 Å². The van der Waals surface area contributed by atoms with E-state index in [1.54, 1.807) is 19.2 Å². The number of carbonyl (C=O) groups is 1. The molecule has 112 valence electrons. The number of carbonyl (C=O) groups excluding carboxylic acids is 1. The molecule has 1 heterocycles. The molecule has 0 saturated carbocycles. The van der Waals surface area contributed by atoms with Crippen molar-refractivity contribution in [1.82, 2.24) is 5.32 Å². The average molecular weight is 288 g/mol. The first-order valence-corrected chi connectivity index (χ1v) is 7.21. The zero-order valence-corrected chi connectivity index (χ0v) is 12.4. The molecule has 1 aliphatic heterocycles. The number of nitriles is 1. The van der Waals surface area contributed by atoms with Crippen LogP contribution < -0.4 is 14.8 Å². The van der Waals surface area contributed by atoms with Crippen LogP contribution in [0.1, 0.15) is 42.1 Å². The third-order valence-corrected chi connectivity index (χ3v) is 3.56. The van der Waals surface area contributed by atoms with Crippen molar-refractivity contribution in [3.63, 3.8) is 0 Å². The smallest absolute Gasteiger partial charge is 0.251 e. The van der Waals surface area contributed by atoms with Crippen LogP contribution in [0.3, 0.4) is 0 Å². The number of hydrogen-bond donors (Lipinski definition) is 1. The van der Waals surface area contributed by atoms with Crippen molar-refractivity contribution < 1.29 is 14.3 Å². The van der Waals surface area contributed by atoms with E-state index in [1.165, 1.54) is 0 Å². The van der Waals surface area contributed by atoms with Gasteiger partial charge in [-0.2, -0.15) is 5.26 Å². The molecule has 2 rings (SSSR count). The summed E-state index contributed by atoms with van der Waals surface area (Å²) in [5.41, 5.74) is 1.45. The number of rotatable bonds is 6. The number of fused-ring (bicyclic) bond motifs is 1. The lowest BCUT2D eigenvalue weighted by Gasteiger charge is -2.26. The van der Waals surface area contributed by atoms with Crippen LogP contribution in [0.4, 0.5) is 0 Å². The lowest BCUT2D eigenvalue weighted by atomic mass is 9.92. The predicted molar refractivity (Wildman–Crippen MR) is 78.6 cm³/mol. The van der Waals surface area contributed by atoms with E-state index in [0.717, 1.165) is 18.4 Å². The molecule has 1 aliphatic rings. The van der Waals surface area contributed by atoms with E-state index in [0.29, 0.717) is 30.1 Å². The molecule has 0 bridgehead atoms. The van der Waals surface area contributed by atoms with Gasteiger partial charge < -0.3 is 14.8 Å². The van der Waals surface area contributed by atoms with Gasteiger partial charge in [0.05, 0.1) is 26.2 Å². The number of benzene rings is 1. The Hall–Kier alpha value is -2.22. The van der Waals surface area contributed by atoms with Crippen molar-refractivity contribution >= 4 is 5.91 Å². The molecular weight excluding hydrogens is 268 g/mol. The molecule has 0 saturated heterocycles. The molecule has 0 aromatic heterocycles. The molecule has 1 aromatic rings. The van der Waals surface area contributed by atoms with E-state index in [-0.39, 0.29) is 18.4 Å². The van der Waals surface area contributed by atoms with Crippen LogP contribution in [0.25, 0.3) is 0 Å². The first-order valence-electron chi connectivity index (χ1n) is 7.21. The highest BCUT2D eigenvalue weighted by Gasteiger charge is 2.28. The summed E-state index contributed by atoms with van der Waals surface area (Å²) in [6.45, 7) is 2.69. The van der Waals surface area contributed by atoms with Gasteiger partial charge >= 0.3 is 0 Å². The van der Waals surface area contributed by atoms with Crippen molar-refractivity contribution in [3.8, 4) is 17.6 Å². The summed E-state index contributed by atoms with van der Waals surface area (Å²) in [6, 6.07) is 5.43. The van der Waals surface area contributed by atoms with Crippen molar-refractivity contribution in [2.45, 2.75) is 38.6 Å². The van der Waals surface area contributed by atoms with Gasteiger partial charge in [0.2, 0.25) is 0 Å². The number of ether oxygens (including phenoxy) is 2. The normalized spacial score (nSPS) is 16.6. The Kier molecular flexibility index (Phi) is 5.04. The Balaban J connectivity index is 2.36. The number of hydrogen-bond acceptors (Lipinski definition) is 4. The molecule has 1 amide bonds. The summed E-state index contributed by atoms with van der Waals surface area (Å²) in [4.78, 5) is 12.1. The highest BCUT2D eigenvalue weighted by molar-refractivity contribution is 5.98. The molecule has 1 aromatic carbocycles. The topological polar surface area (TPSA) is 71.3 Å². The fourth-order valence-electron chi connectivity index (χ4n) is 2.45. The minimum atomic E-state index is -0.171. The van der Waals surface area contributed by atoms with Crippen LogP contribution in [0, 0.1) is 11.3 Å². The number of methoxy groups -OCH3 is 1. The summed E-state index contributed by atoms with van der Waals surface area (Å²) >= 11 is 0. The second-order valence-corrected chi connectivity index (χ2v) is 5.06. The third-order valence-electron chi connectivity index (χ3n) is 3.56. The number of unbranched alkanes of at least 4 members (excludes halogenated alkanes) is 1. The maximum absolute atomic E-state index is 12.1. The highest BCUT2D eigenvalue weighted by atomic mass is 16.5. The third kappa shape index (κ3) is 3.27. The van der Waals surface area contributed by atoms with Gasteiger partial charge in [-0.15, -0.1) is 0 Å². The van der Waals surface area contributed by atoms with Crippen molar-refractivity contribution in [2.24, 2.45) is 0 Å². The van der Waals surface area contributed by atoms with Crippen LogP contribution in [0.5, 0.6) is 11.5 Å². The summed E-state index contributed by atoms with van der Waals surface area (Å²) < 4.78 is 11.2. The van der Waals surface area contributed by atoms with Gasteiger partial charge in [-0.1, -0.05) is 13.3 Å². The highest BCUT2D eigenvalue weighted by Crippen LogP contribution is 2.36. The quantitative estimate of drug-likeness (QED) is 0.816. The van der Waals surface area contributed by atoms with Crippen LogP contribution in [0.2, 0.25) is 0 Å². The Bertz CT molecular complexity index is 563. The van der Waals surface area contributed by atoms with Gasteiger partial charge in [0.1, 0.15) is 0 Å². The zero-order chi connectivity index (χ0) is 15.2. The minimum Gasteiger partial charge on any atom is -0.493 e. The molecule has 5 nitrogen and oxygen atoms in total. The SMILES string of the molecule is CCCCOc1c(OC)ccc2c1CC(CC#N)NC2=O. The van der Waals surface area contributed by atoms with E-state index in [2.05, 4.69) is 18.3 Å². The average Bonchev–Trinajstić information content (AvgIpc) is 2.48. The largest absolute Gasteiger partial charge is 0.493 e. The lowest BCUT2D eigenvalue weighted by Crippen LogP contribution is -2.41. The van der Waals surface area contributed by atoms with Gasteiger partial charge in [0, 0.05) is 17.2 Å². The molecule has 5 heteroatoms. The molecule has 0 spiro atoms. The summed E-state index contributed by atoms with van der Waals surface area (Å²) in [5.74, 6) is 1.12. The summed E-state index contributed by atoms with van der Waals surface area (Å²) in [5, 5.41) is 11.7. The maximum atomic E-state index is 12.1. The number of nitrogens with one attached hydrogen (secondary N) is 1. The molecular formula is C16H20N2O3. The fourth-order valence-corrected chi connectivity index (χ4v) is 2.45. The van der Waals surface area contributed by atoms with E-state index < -0.39 is 0 Å². The maximum Gasteiger partial charge on any atom is 0.251 e. The second kappa shape index (κ2) is 6.98. The van der Waals surface area contributed by atoms with Crippen molar-refractivity contribution in [1.29, 1.82) is 5.26 Å². The Morgan fingerprint density at radius 1 is 1.48 bits per heavy atom. The van der Waals surface area contributed by atoms with E-state index in [9.17, 15) is 4.79 Å². The predicted octanol–water partition coefficient (Wildman–Crippen LogP) is 2.44. The summed E-state index contributed by atoms with van der Waals surface area (Å²) in [7, 11) is 1.59. The van der Waals surface area contributed by atoms with Crippen molar-refractivity contribution in [3.05, 3.63) is 23.3 Å². The van der Waals surface area contributed by atoms with Gasteiger partial charge in [-0.05, 0) is 25.0 Å². The molecule has 1 N–H and O–H groups in total. The van der Waals surface area contributed by atoms with Gasteiger partial charge in [-0.25, -0.2) is 0 Å². The first-order chi connectivity index (χ1) is 10.2. The van der Waals surface area contributed by atoms with E-state index in [4.69, 9.17) is 14.7 Å². The van der Waals surface area contributed by atoms with Crippen LogP contribution in [0.15, 0.2) is 12.1 Å². The lowest BCUT2D eigenvalue weighted by molar-refractivity contribution is 0.0924. The van der Waals surface area contributed by atoms with E-state index >= 15 is 0 Å². The second-order valence-electron chi connectivity index (χ2n) is 5.06. The molecule has 0 radical (unpaired) electrons. The first kappa shape index (κ1) is 15.2. The molecule has 0 aliphatic carbocycles. The van der Waals surface area contributed by atoms with Crippen molar-refractivity contribution in [2.75, 3.05) is 13.7 Å².